The Hall–Kier alpha value is -3.23. The van der Waals surface area contributed by atoms with Gasteiger partial charge in [0.15, 0.2) is 0 Å². The van der Waals surface area contributed by atoms with E-state index in [-0.39, 0.29) is 24.7 Å². The third-order valence-electron chi connectivity index (χ3n) is 3.32. The number of carbonyl (C=O) groups is 5. The minimum absolute atomic E-state index is 0.0764. The Morgan fingerprint density at radius 3 is 2.20 bits per heavy atom. The van der Waals surface area contributed by atoms with E-state index in [1.165, 1.54) is 11.1 Å². The number of rotatable bonds is 5. The maximum Gasteiger partial charge on any atom is 0.356 e. The molecular weight excluding hydrogens is 332 g/mol. The van der Waals surface area contributed by atoms with Crippen LogP contribution in [0.5, 0.6) is 0 Å². The molecule has 134 valence electrons. The molecular formula is C16H18N2O7. The highest BCUT2D eigenvalue weighted by Crippen LogP contribution is 2.18. The molecule has 0 bridgehead atoms. The van der Waals surface area contributed by atoms with Gasteiger partial charge in [0.1, 0.15) is 0 Å². The summed E-state index contributed by atoms with van der Waals surface area (Å²) in [5, 5.41) is 8.81. The smallest absolute Gasteiger partial charge is 0.356 e. The molecule has 1 N–H and O–H groups in total. The molecule has 2 saturated heterocycles. The summed E-state index contributed by atoms with van der Waals surface area (Å²) < 4.78 is 0. The van der Waals surface area contributed by atoms with E-state index in [1.54, 1.807) is 6.08 Å². The molecule has 0 aromatic rings. The number of amides is 3. The second kappa shape index (κ2) is 9.16. The average Bonchev–Trinajstić information content (AvgIpc) is 3.09. The first-order chi connectivity index (χ1) is 11.8. The minimum Gasteiger partial charge on any atom is -0.478 e. The molecule has 2 heterocycles. The van der Waals surface area contributed by atoms with Gasteiger partial charge in [-0.2, -0.15) is 0 Å². The fourth-order valence-electron chi connectivity index (χ4n) is 2.03. The Kier molecular flexibility index (Phi) is 7.26. The number of hydrogen-bond donors (Lipinski definition) is 1. The van der Waals surface area contributed by atoms with E-state index >= 15 is 0 Å². The maximum atomic E-state index is 11.4. The van der Waals surface area contributed by atoms with Crippen molar-refractivity contribution in [2.24, 2.45) is 5.92 Å². The van der Waals surface area contributed by atoms with Crippen molar-refractivity contribution in [1.29, 1.82) is 0 Å². The van der Waals surface area contributed by atoms with Crippen LogP contribution in [-0.2, 0) is 28.8 Å². The van der Waals surface area contributed by atoms with Crippen LogP contribution in [0.3, 0.4) is 0 Å². The monoisotopic (exact) mass is 350 g/mol. The minimum atomic E-state index is -1.05. The first kappa shape index (κ1) is 19.8. The normalized spacial score (nSPS) is 19.7. The molecule has 0 saturated carbocycles. The zero-order valence-corrected chi connectivity index (χ0v) is 13.4. The van der Waals surface area contributed by atoms with E-state index in [0.717, 1.165) is 12.2 Å². The van der Waals surface area contributed by atoms with Gasteiger partial charge in [0.2, 0.25) is 5.91 Å². The molecule has 2 aliphatic heterocycles. The van der Waals surface area contributed by atoms with Crippen LogP contribution in [0.15, 0.2) is 37.6 Å². The van der Waals surface area contributed by atoms with Gasteiger partial charge in [0.05, 0.1) is 5.92 Å². The molecule has 1 atom stereocenters. The average molecular weight is 350 g/mol. The summed E-state index contributed by atoms with van der Waals surface area (Å²) in [4.78, 5) is 59.5. The van der Waals surface area contributed by atoms with E-state index in [4.69, 9.17) is 5.11 Å². The van der Waals surface area contributed by atoms with Crippen LogP contribution >= 0.6 is 0 Å². The molecule has 25 heavy (non-hydrogen) atoms. The van der Waals surface area contributed by atoms with Crippen molar-refractivity contribution in [3.05, 3.63) is 37.6 Å². The molecule has 2 fully saturated rings. The number of likely N-dealkylation sites (tertiary alicyclic amines) is 1. The highest BCUT2D eigenvalue weighted by atomic mass is 16.7. The Morgan fingerprint density at radius 2 is 1.76 bits per heavy atom. The van der Waals surface area contributed by atoms with E-state index in [9.17, 15) is 24.0 Å². The molecule has 3 amide bonds. The lowest BCUT2D eigenvalue weighted by Gasteiger charge is -2.09. The predicted molar refractivity (Wildman–Crippen MR) is 84.2 cm³/mol. The number of aliphatic carboxylic acids is 1. The van der Waals surface area contributed by atoms with E-state index in [1.807, 2.05) is 0 Å². The van der Waals surface area contributed by atoms with Gasteiger partial charge in [-0.1, -0.05) is 12.7 Å². The SMILES string of the molecule is C=CC(=O)ON1C(=O)CCC1=O.C=CC1CCN(C=CC(=O)O)C1=O. The van der Waals surface area contributed by atoms with Gasteiger partial charge in [0, 0.05) is 37.7 Å². The van der Waals surface area contributed by atoms with Crippen LogP contribution in [0, 0.1) is 5.92 Å². The highest BCUT2D eigenvalue weighted by Gasteiger charge is 2.32. The Balaban J connectivity index is 0.000000251. The number of hydrogen-bond acceptors (Lipinski definition) is 6. The van der Waals surface area contributed by atoms with Gasteiger partial charge in [-0.3, -0.25) is 14.4 Å². The standard InChI is InChI=1S/C9H11NO3.C7H7NO4/c1-2-7-3-5-10(9(7)13)6-4-8(11)12;1-2-7(11)12-8-5(9)3-4-6(8)10/h2,4,6-7H,1,3,5H2,(H,11,12);2H,1,3-4H2. The molecule has 0 spiro atoms. The first-order valence-corrected chi connectivity index (χ1v) is 7.34. The van der Waals surface area contributed by atoms with Gasteiger partial charge in [-0.05, 0) is 6.42 Å². The number of carboxylic acids is 1. The van der Waals surface area contributed by atoms with Crippen molar-refractivity contribution in [3.63, 3.8) is 0 Å². The topological polar surface area (TPSA) is 121 Å². The molecule has 0 aromatic heterocycles. The Bertz CT molecular complexity index is 622. The molecule has 9 nitrogen and oxygen atoms in total. The Labute approximate surface area is 143 Å². The lowest BCUT2D eigenvalue weighted by molar-refractivity contribution is -0.193. The van der Waals surface area contributed by atoms with Crippen LogP contribution in [0.1, 0.15) is 19.3 Å². The largest absolute Gasteiger partial charge is 0.478 e. The number of hydroxylamine groups is 2. The van der Waals surface area contributed by atoms with Crippen LogP contribution in [0.4, 0.5) is 0 Å². The summed E-state index contributed by atoms with van der Waals surface area (Å²) in [5.41, 5.74) is 0. The molecule has 2 aliphatic rings. The van der Waals surface area contributed by atoms with Crippen molar-refractivity contribution < 1.29 is 33.9 Å². The highest BCUT2D eigenvalue weighted by molar-refractivity contribution is 6.02. The molecule has 0 radical (unpaired) electrons. The summed E-state index contributed by atoms with van der Waals surface area (Å²) in [7, 11) is 0. The van der Waals surface area contributed by atoms with Crippen molar-refractivity contribution in [1.82, 2.24) is 9.96 Å². The van der Waals surface area contributed by atoms with E-state index < -0.39 is 23.8 Å². The molecule has 1 unspecified atom stereocenters. The third-order valence-corrected chi connectivity index (χ3v) is 3.32. The Morgan fingerprint density at radius 1 is 1.16 bits per heavy atom. The quantitative estimate of drug-likeness (QED) is 0.433. The number of nitrogens with zero attached hydrogens (tertiary/aromatic N) is 2. The lowest BCUT2D eigenvalue weighted by atomic mass is 10.1. The zero-order valence-electron chi connectivity index (χ0n) is 13.4. The maximum absolute atomic E-state index is 11.4. The summed E-state index contributed by atoms with van der Waals surface area (Å²) in [6.45, 7) is 7.23. The first-order valence-electron chi connectivity index (χ1n) is 7.34. The van der Waals surface area contributed by atoms with Crippen LogP contribution in [0.2, 0.25) is 0 Å². The van der Waals surface area contributed by atoms with Gasteiger partial charge in [0.25, 0.3) is 11.8 Å². The third kappa shape index (κ3) is 5.72. The molecule has 2 rings (SSSR count). The lowest BCUT2D eigenvalue weighted by Crippen LogP contribution is -2.31. The van der Waals surface area contributed by atoms with Gasteiger partial charge >= 0.3 is 11.9 Å². The van der Waals surface area contributed by atoms with Crippen molar-refractivity contribution in [2.75, 3.05) is 6.54 Å². The van der Waals surface area contributed by atoms with Gasteiger partial charge in [-0.25, -0.2) is 9.59 Å². The summed E-state index contributed by atoms with van der Waals surface area (Å²) in [6.07, 6.45) is 5.66. The van der Waals surface area contributed by atoms with Crippen molar-refractivity contribution in [2.45, 2.75) is 19.3 Å². The second-order valence-electron chi connectivity index (χ2n) is 5.01. The zero-order chi connectivity index (χ0) is 19.0. The van der Waals surface area contributed by atoms with Crippen LogP contribution < -0.4 is 0 Å². The number of carbonyl (C=O) groups excluding carboxylic acids is 4. The summed E-state index contributed by atoms with van der Waals surface area (Å²) in [5.74, 6) is -3.07. The fraction of sp³-hybridized carbons (Fsp3) is 0.312. The molecule has 0 aromatic carbocycles. The van der Waals surface area contributed by atoms with E-state index in [0.29, 0.717) is 18.0 Å². The van der Waals surface area contributed by atoms with Gasteiger partial charge < -0.3 is 14.8 Å². The van der Waals surface area contributed by atoms with Gasteiger partial charge in [-0.15, -0.1) is 11.6 Å². The van der Waals surface area contributed by atoms with Crippen LogP contribution in [-0.4, -0.2) is 51.3 Å². The second-order valence-corrected chi connectivity index (χ2v) is 5.01. The molecule has 0 aliphatic carbocycles. The van der Waals surface area contributed by atoms with Crippen LogP contribution in [0.25, 0.3) is 0 Å². The number of carboxylic acid groups (broad SMARTS) is 1. The molecule has 9 heteroatoms. The summed E-state index contributed by atoms with van der Waals surface area (Å²) >= 11 is 0. The van der Waals surface area contributed by atoms with E-state index in [2.05, 4.69) is 18.0 Å². The number of imide groups is 1. The van der Waals surface area contributed by atoms with Crippen molar-refractivity contribution in [3.8, 4) is 0 Å². The summed E-state index contributed by atoms with van der Waals surface area (Å²) in [6, 6.07) is 0. The predicted octanol–water partition coefficient (Wildman–Crippen LogP) is 0.399. The fourth-order valence-corrected chi connectivity index (χ4v) is 2.03. The van der Waals surface area contributed by atoms with Crippen molar-refractivity contribution >= 4 is 29.7 Å².